The van der Waals surface area contributed by atoms with Gasteiger partial charge in [-0.15, -0.1) is 6.58 Å². The fourth-order valence-electron chi connectivity index (χ4n) is 1.98. The predicted octanol–water partition coefficient (Wildman–Crippen LogP) is 2.12. The second kappa shape index (κ2) is 9.28. The number of carbonyl (C=O) groups excluding carboxylic acids is 1. The van der Waals surface area contributed by atoms with Crippen LogP contribution in [0.2, 0.25) is 0 Å². The van der Waals surface area contributed by atoms with Crippen molar-refractivity contribution in [2.45, 2.75) is 25.8 Å². The number of likely N-dealkylation sites (tertiary alicyclic amines) is 1. The highest BCUT2D eigenvalue weighted by molar-refractivity contribution is 7.99. The number of carbonyl (C=O) groups is 1. The molecule has 0 unspecified atom stereocenters. The van der Waals surface area contributed by atoms with Crippen LogP contribution < -0.4 is 5.32 Å². The highest BCUT2D eigenvalue weighted by atomic mass is 32.2. The van der Waals surface area contributed by atoms with E-state index in [2.05, 4.69) is 11.9 Å². The zero-order chi connectivity index (χ0) is 13.2. The predicted molar refractivity (Wildman–Crippen MR) is 77.1 cm³/mol. The molecule has 1 aliphatic heterocycles. The fourth-order valence-corrected chi connectivity index (χ4v) is 2.58. The first-order valence-corrected chi connectivity index (χ1v) is 7.77. The molecule has 1 heterocycles. The average molecular weight is 272 g/mol. The van der Waals surface area contributed by atoms with Gasteiger partial charge < -0.3 is 15.0 Å². The molecule has 5 heteroatoms. The Morgan fingerprint density at radius 3 is 2.89 bits per heavy atom. The van der Waals surface area contributed by atoms with Crippen molar-refractivity contribution in [2.75, 3.05) is 37.7 Å². The minimum absolute atomic E-state index is 0.169. The maximum absolute atomic E-state index is 11.5. The van der Waals surface area contributed by atoms with E-state index in [0.29, 0.717) is 12.6 Å². The Labute approximate surface area is 114 Å². The molecule has 0 bridgehead atoms. The van der Waals surface area contributed by atoms with Gasteiger partial charge in [0.25, 0.3) is 0 Å². The second-order valence-corrected chi connectivity index (χ2v) is 5.43. The summed E-state index contributed by atoms with van der Waals surface area (Å²) in [6.07, 6.45) is 3.80. The van der Waals surface area contributed by atoms with Gasteiger partial charge in [-0.2, -0.15) is 11.8 Å². The van der Waals surface area contributed by atoms with Crippen LogP contribution in [0.15, 0.2) is 12.7 Å². The van der Waals surface area contributed by atoms with Crippen LogP contribution in [0.25, 0.3) is 0 Å². The van der Waals surface area contributed by atoms with Gasteiger partial charge in [0.15, 0.2) is 0 Å². The lowest BCUT2D eigenvalue weighted by Gasteiger charge is -2.31. The Balaban J connectivity index is 2.08. The van der Waals surface area contributed by atoms with Gasteiger partial charge in [-0.1, -0.05) is 6.08 Å². The van der Waals surface area contributed by atoms with Crippen molar-refractivity contribution in [3.05, 3.63) is 12.7 Å². The van der Waals surface area contributed by atoms with Crippen molar-refractivity contribution in [3.63, 3.8) is 0 Å². The number of amides is 1. The highest BCUT2D eigenvalue weighted by Crippen LogP contribution is 2.11. The number of nitrogens with zero attached hydrogens (tertiary/aromatic N) is 1. The third kappa shape index (κ3) is 5.78. The number of rotatable bonds is 7. The molecule has 1 saturated heterocycles. The number of hydrogen-bond donors (Lipinski definition) is 1. The van der Waals surface area contributed by atoms with Crippen molar-refractivity contribution < 1.29 is 9.53 Å². The third-order valence-corrected chi connectivity index (χ3v) is 3.90. The number of hydrogen-bond acceptors (Lipinski definition) is 4. The molecule has 0 radical (unpaired) electrons. The molecule has 0 atom stereocenters. The summed E-state index contributed by atoms with van der Waals surface area (Å²) >= 11 is 1.89. The molecular formula is C13H24N2O2S. The summed E-state index contributed by atoms with van der Waals surface area (Å²) in [5, 5.41) is 3.54. The molecule has 1 rings (SSSR count). The normalized spacial score (nSPS) is 16.6. The van der Waals surface area contributed by atoms with E-state index in [1.54, 1.807) is 4.90 Å². The minimum Gasteiger partial charge on any atom is -0.450 e. The van der Waals surface area contributed by atoms with Crippen LogP contribution in [0.1, 0.15) is 19.8 Å². The van der Waals surface area contributed by atoms with Gasteiger partial charge in [0.2, 0.25) is 0 Å². The summed E-state index contributed by atoms with van der Waals surface area (Å²) in [5.74, 6) is 2.13. The number of nitrogens with one attached hydrogen (secondary N) is 1. The molecule has 104 valence electrons. The van der Waals surface area contributed by atoms with Crippen LogP contribution in [-0.2, 0) is 4.74 Å². The van der Waals surface area contributed by atoms with Crippen molar-refractivity contribution in [2.24, 2.45) is 0 Å². The molecule has 0 aromatic rings. The molecule has 1 N–H and O–H groups in total. The number of ether oxygens (including phenoxy) is 1. The van der Waals surface area contributed by atoms with Gasteiger partial charge in [-0.3, -0.25) is 0 Å². The smallest absolute Gasteiger partial charge is 0.409 e. The van der Waals surface area contributed by atoms with E-state index in [0.717, 1.165) is 44.0 Å². The summed E-state index contributed by atoms with van der Waals surface area (Å²) in [5.41, 5.74) is 0. The largest absolute Gasteiger partial charge is 0.450 e. The van der Waals surface area contributed by atoms with Crippen LogP contribution in [0.3, 0.4) is 0 Å². The Hall–Kier alpha value is -0.680. The molecule has 1 amide bonds. The SMILES string of the molecule is C=CCSCCNC1CCN(C(=O)OCC)CC1. The molecule has 0 aromatic carbocycles. The van der Waals surface area contributed by atoms with Crippen LogP contribution in [0, 0.1) is 0 Å². The van der Waals surface area contributed by atoms with Crippen molar-refractivity contribution in [1.82, 2.24) is 10.2 Å². The van der Waals surface area contributed by atoms with Gasteiger partial charge in [0, 0.05) is 37.2 Å². The summed E-state index contributed by atoms with van der Waals surface area (Å²) in [4.78, 5) is 13.3. The van der Waals surface area contributed by atoms with E-state index in [1.807, 2.05) is 24.8 Å². The molecule has 0 spiro atoms. The van der Waals surface area contributed by atoms with E-state index in [4.69, 9.17) is 4.74 Å². The Bertz CT molecular complexity index is 253. The fraction of sp³-hybridized carbons (Fsp3) is 0.769. The zero-order valence-corrected chi connectivity index (χ0v) is 12.0. The summed E-state index contributed by atoms with van der Waals surface area (Å²) < 4.78 is 5.00. The Kier molecular flexibility index (Phi) is 7.93. The zero-order valence-electron chi connectivity index (χ0n) is 11.2. The maximum Gasteiger partial charge on any atom is 0.409 e. The molecule has 1 aliphatic rings. The highest BCUT2D eigenvalue weighted by Gasteiger charge is 2.22. The topological polar surface area (TPSA) is 41.6 Å². The van der Waals surface area contributed by atoms with Crippen LogP contribution in [-0.4, -0.2) is 54.8 Å². The number of piperidine rings is 1. The lowest BCUT2D eigenvalue weighted by atomic mass is 10.1. The third-order valence-electron chi connectivity index (χ3n) is 2.94. The quantitative estimate of drug-likeness (QED) is 0.569. The van der Waals surface area contributed by atoms with E-state index in [9.17, 15) is 4.79 Å². The van der Waals surface area contributed by atoms with Gasteiger partial charge in [-0.25, -0.2) is 4.79 Å². The van der Waals surface area contributed by atoms with Gasteiger partial charge in [0.05, 0.1) is 6.61 Å². The molecule has 18 heavy (non-hydrogen) atoms. The first-order valence-electron chi connectivity index (χ1n) is 6.61. The molecule has 0 aromatic heterocycles. The van der Waals surface area contributed by atoms with Crippen molar-refractivity contribution in [1.29, 1.82) is 0 Å². The monoisotopic (exact) mass is 272 g/mol. The van der Waals surface area contributed by atoms with Crippen LogP contribution in [0.4, 0.5) is 4.79 Å². The Morgan fingerprint density at radius 1 is 1.56 bits per heavy atom. The number of thioether (sulfide) groups is 1. The molecule has 1 fully saturated rings. The van der Waals surface area contributed by atoms with E-state index in [1.165, 1.54) is 0 Å². The summed E-state index contributed by atoms with van der Waals surface area (Å²) in [6, 6.07) is 0.542. The van der Waals surface area contributed by atoms with E-state index in [-0.39, 0.29) is 6.09 Å². The van der Waals surface area contributed by atoms with Crippen molar-refractivity contribution >= 4 is 17.9 Å². The van der Waals surface area contributed by atoms with E-state index < -0.39 is 0 Å². The van der Waals surface area contributed by atoms with Gasteiger partial charge in [-0.05, 0) is 19.8 Å². The lowest BCUT2D eigenvalue weighted by molar-refractivity contribution is 0.0953. The van der Waals surface area contributed by atoms with Crippen LogP contribution in [0.5, 0.6) is 0 Å². The first kappa shape index (κ1) is 15.4. The second-order valence-electron chi connectivity index (χ2n) is 4.28. The van der Waals surface area contributed by atoms with Gasteiger partial charge in [0.1, 0.15) is 0 Å². The average Bonchev–Trinajstić information content (AvgIpc) is 2.39. The Morgan fingerprint density at radius 2 is 2.28 bits per heavy atom. The molecule has 4 nitrogen and oxygen atoms in total. The minimum atomic E-state index is -0.169. The summed E-state index contributed by atoms with van der Waals surface area (Å²) in [6.45, 7) is 8.63. The first-order chi connectivity index (χ1) is 8.77. The summed E-state index contributed by atoms with van der Waals surface area (Å²) in [7, 11) is 0. The molecular weight excluding hydrogens is 248 g/mol. The van der Waals surface area contributed by atoms with Gasteiger partial charge >= 0.3 is 6.09 Å². The maximum atomic E-state index is 11.5. The van der Waals surface area contributed by atoms with Crippen LogP contribution >= 0.6 is 11.8 Å². The van der Waals surface area contributed by atoms with E-state index >= 15 is 0 Å². The standard InChI is InChI=1S/C13H24N2O2S/c1-3-10-18-11-7-14-12-5-8-15(9-6-12)13(16)17-4-2/h3,12,14H,1,4-11H2,2H3. The lowest BCUT2D eigenvalue weighted by Crippen LogP contribution is -2.45. The molecule has 0 saturated carbocycles. The molecule has 0 aliphatic carbocycles. The van der Waals surface area contributed by atoms with Crippen molar-refractivity contribution in [3.8, 4) is 0 Å².